The van der Waals surface area contributed by atoms with E-state index >= 15 is 0 Å². The summed E-state index contributed by atoms with van der Waals surface area (Å²) in [5.41, 5.74) is 2.70. The van der Waals surface area contributed by atoms with Gasteiger partial charge in [-0.3, -0.25) is 0 Å². The molecule has 0 saturated heterocycles. The van der Waals surface area contributed by atoms with Gasteiger partial charge in [-0.05, 0) is 46.3 Å². The van der Waals surface area contributed by atoms with Gasteiger partial charge in [-0.15, -0.1) is 0 Å². The van der Waals surface area contributed by atoms with E-state index in [1.807, 2.05) is 48.5 Å². The number of tetrazole rings is 1. The van der Waals surface area contributed by atoms with Crippen molar-refractivity contribution in [3.8, 4) is 11.5 Å². The molecule has 132 valence electrons. The van der Waals surface area contributed by atoms with E-state index in [0.29, 0.717) is 22.5 Å². The summed E-state index contributed by atoms with van der Waals surface area (Å²) in [6.45, 7) is 0. The number of aromatic nitrogens is 4. The summed E-state index contributed by atoms with van der Waals surface area (Å²) in [5, 5.41) is 15.8. The third-order valence-electron chi connectivity index (χ3n) is 4.25. The molecule has 7 nitrogen and oxygen atoms in total. The molecule has 1 aliphatic rings. The molecule has 2 aromatic carbocycles. The first-order valence-corrected chi connectivity index (χ1v) is 8.32. The second kappa shape index (κ2) is 6.68. The summed E-state index contributed by atoms with van der Waals surface area (Å²) < 4.78 is 12.4. The van der Waals surface area contributed by atoms with E-state index in [-0.39, 0.29) is 6.04 Å². The highest BCUT2D eigenvalue weighted by Gasteiger charge is 2.26. The Morgan fingerprint density at radius 1 is 1.08 bits per heavy atom. The van der Waals surface area contributed by atoms with E-state index in [4.69, 9.17) is 21.1 Å². The Balaban J connectivity index is 1.81. The minimum atomic E-state index is -0.224. The second-order valence-electron chi connectivity index (χ2n) is 5.69. The zero-order valence-electron chi connectivity index (χ0n) is 14.2. The Bertz CT molecular complexity index is 985. The van der Waals surface area contributed by atoms with Crippen LogP contribution in [0.1, 0.15) is 17.2 Å². The highest BCUT2D eigenvalue weighted by atomic mass is 35.5. The van der Waals surface area contributed by atoms with Crippen molar-refractivity contribution in [3.63, 3.8) is 0 Å². The molecular weight excluding hydrogens is 354 g/mol. The normalized spacial score (nSPS) is 15.7. The van der Waals surface area contributed by atoms with Crippen LogP contribution >= 0.6 is 11.6 Å². The number of halogens is 1. The van der Waals surface area contributed by atoms with E-state index < -0.39 is 0 Å². The fourth-order valence-electron chi connectivity index (χ4n) is 2.96. The number of nitrogens with zero attached hydrogens (tertiary/aromatic N) is 4. The molecule has 8 heteroatoms. The molecule has 2 heterocycles. The number of fused-ring (bicyclic) bond motifs is 1. The van der Waals surface area contributed by atoms with Crippen molar-refractivity contribution in [2.24, 2.45) is 0 Å². The van der Waals surface area contributed by atoms with Crippen LogP contribution in [0.3, 0.4) is 0 Å². The molecular formula is C18H16ClN5O2. The zero-order chi connectivity index (χ0) is 18.1. The summed E-state index contributed by atoms with van der Waals surface area (Å²) in [5.74, 6) is 1.86. The summed E-state index contributed by atoms with van der Waals surface area (Å²) >= 11 is 6.40. The summed E-state index contributed by atoms with van der Waals surface area (Å²) in [6.07, 6.45) is 2.03. The molecule has 1 unspecified atom stereocenters. The van der Waals surface area contributed by atoms with Gasteiger partial charge >= 0.3 is 0 Å². The quantitative estimate of drug-likeness (QED) is 0.759. The molecule has 0 amide bonds. The Labute approximate surface area is 155 Å². The first-order chi connectivity index (χ1) is 12.7. The maximum atomic E-state index is 6.40. The molecule has 1 atom stereocenters. The van der Waals surface area contributed by atoms with Gasteiger partial charge in [0.2, 0.25) is 5.95 Å². The molecule has 0 aliphatic carbocycles. The van der Waals surface area contributed by atoms with Crippen LogP contribution in [0.15, 0.2) is 48.5 Å². The van der Waals surface area contributed by atoms with Gasteiger partial charge < -0.3 is 14.8 Å². The van der Waals surface area contributed by atoms with Crippen molar-refractivity contribution < 1.29 is 9.47 Å². The summed E-state index contributed by atoms with van der Waals surface area (Å²) in [7, 11) is 3.22. The number of hydrogen-bond acceptors (Lipinski definition) is 6. The molecule has 0 fully saturated rings. The number of benzene rings is 2. The highest BCUT2D eigenvalue weighted by Crippen LogP contribution is 2.36. The molecule has 4 rings (SSSR count). The number of rotatable bonds is 4. The molecule has 3 aromatic rings. The van der Waals surface area contributed by atoms with Crippen molar-refractivity contribution in [1.29, 1.82) is 0 Å². The van der Waals surface area contributed by atoms with Crippen LogP contribution in [0.25, 0.3) is 5.70 Å². The lowest BCUT2D eigenvalue weighted by molar-refractivity contribution is 0.355. The van der Waals surface area contributed by atoms with Gasteiger partial charge in [0.25, 0.3) is 0 Å². The number of allylic oxidation sites excluding steroid dienone is 1. The van der Waals surface area contributed by atoms with Crippen LogP contribution in [-0.4, -0.2) is 34.4 Å². The number of nitrogens with one attached hydrogen (secondary N) is 1. The third kappa shape index (κ3) is 2.76. The van der Waals surface area contributed by atoms with Crippen molar-refractivity contribution in [2.75, 3.05) is 19.5 Å². The van der Waals surface area contributed by atoms with Gasteiger partial charge in [0.05, 0.1) is 14.2 Å². The fourth-order valence-corrected chi connectivity index (χ4v) is 3.21. The minimum Gasteiger partial charge on any atom is -0.493 e. The van der Waals surface area contributed by atoms with E-state index in [9.17, 15) is 0 Å². The van der Waals surface area contributed by atoms with Crippen molar-refractivity contribution >= 4 is 23.2 Å². The number of ether oxygens (including phenoxy) is 2. The van der Waals surface area contributed by atoms with Gasteiger partial charge in [-0.1, -0.05) is 34.9 Å². The predicted molar refractivity (Wildman–Crippen MR) is 98.6 cm³/mol. The average molecular weight is 370 g/mol. The molecule has 26 heavy (non-hydrogen) atoms. The zero-order valence-corrected chi connectivity index (χ0v) is 14.9. The topological polar surface area (TPSA) is 74.1 Å². The van der Waals surface area contributed by atoms with Crippen molar-refractivity contribution in [3.05, 3.63) is 64.7 Å². The standard InChI is InChI=1S/C18H16ClN5O2/c1-25-16-8-7-11(9-17(16)26-2)14-10-15(12-5-3-4-6-13(12)19)24-18(20-14)21-22-23-24/h3-10,15H,1-2H3,(H,20,21,23). The maximum absolute atomic E-state index is 6.40. The first-order valence-electron chi connectivity index (χ1n) is 7.95. The fraction of sp³-hybridized carbons (Fsp3) is 0.167. The minimum absolute atomic E-state index is 0.224. The summed E-state index contributed by atoms with van der Waals surface area (Å²) in [6, 6.07) is 13.1. The molecule has 1 aromatic heterocycles. The van der Waals surface area contributed by atoms with Gasteiger partial charge in [0.1, 0.15) is 6.04 Å². The van der Waals surface area contributed by atoms with Crippen LogP contribution in [0.5, 0.6) is 11.5 Å². The van der Waals surface area contributed by atoms with Gasteiger partial charge in [0, 0.05) is 16.3 Å². The Kier molecular flexibility index (Phi) is 4.22. The van der Waals surface area contributed by atoms with Crippen molar-refractivity contribution in [1.82, 2.24) is 20.2 Å². The Morgan fingerprint density at radius 2 is 1.88 bits per heavy atom. The maximum Gasteiger partial charge on any atom is 0.248 e. The smallest absolute Gasteiger partial charge is 0.248 e. The molecule has 0 spiro atoms. The first kappa shape index (κ1) is 16.4. The highest BCUT2D eigenvalue weighted by molar-refractivity contribution is 6.31. The lowest BCUT2D eigenvalue weighted by Gasteiger charge is -2.24. The molecule has 1 aliphatic heterocycles. The van der Waals surface area contributed by atoms with Crippen LogP contribution < -0.4 is 14.8 Å². The Morgan fingerprint density at radius 3 is 2.65 bits per heavy atom. The molecule has 0 saturated carbocycles. The lowest BCUT2D eigenvalue weighted by Crippen LogP contribution is -2.20. The molecule has 1 N–H and O–H groups in total. The van der Waals surface area contributed by atoms with Crippen LogP contribution in [0, 0.1) is 0 Å². The average Bonchev–Trinajstić information content (AvgIpc) is 3.16. The van der Waals surface area contributed by atoms with Gasteiger partial charge in [0.15, 0.2) is 11.5 Å². The van der Waals surface area contributed by atoms with Crippen LogP contribution in [0.2, 0.25) is 5.02 Å². The largest absolute Gasteiger partial charge is 0.493 e. The number of anilines is 1. The van der Waals surface area contributed by atoms with Crippen LogP contribution in [0.4, 0.5) is 5.95 Å². The molecule has 0 radical (unpaired) electrons. The van der Waals surface area contributed by atoms with E-state index in [1.165, 1.54) is 0 Å². The molecule has 0 bridgehead atoms. The van der Waals surface area contributed by atoms with Gasteiger partial charge in [-0.25, -0.2) is 0 Å². The number of hydrogen-bond donors (Lipinski definition) is 1. The van der Waals surface area contributed by atoms with Gasteiger partial charge in [-0.2, -0.15) is 4.68 Å². The Hall–Kier alpha value is -3.06. The number of methoxy groups -OCH3 is 2. The van der Waals surface area contributed by atoms with E-state index in [1.54, 1.807) is 18.9 Å². The monoisotopic (exact) mass is 369 g/mol. The SMILES string of the molecule is COc1ccc(C2=CC(c3ccccc3Cl)n3nnnc3N2)cc1OC. The third-order valence-corrected chi connectivity index (χ3v) is 4.59. The summed E-state index contributed by atoms with van der Waals surface area (Å²) in [4.78, 5) is 0. The van der Waals surface area contributed by atoms with E-state index in [0.717, 1.165) is 16.8 Å². The van der Waals surface area contributed by atoms with Crippen LogP contribution in [-0.2, 0) is 0 Å². The lowest BCUT2D eigenvalue weighted by atomic mass is 10.0. The van der Waals surface area contributed by atoms with E-state index in [2.05, 4.69) is 20.8 Å². The van der Waals surface area contributed by atoms with Crippen molar-refractivity contribution in [2.45, 2.75) is 6.04 Å². The second-order valence-corrected chi connectivity index (χ2v) is 6.10. The predicted octanol–water partition coefficient (Wildman–Crippen LogP) is 3.40.